The fourth-order valence-electron chi connectivity index (χ4n) is 3.29. The van der Waals surface area contributed by atoms with Gasteiger partial charge in [0.05, 0.1) is 15.1 Å². The summed E-state index contributed by atoms with van der Waals surface area (Å²) in [6, 6.07) is 11.3. The van der Waals surface area contributed by atoms with Crippen molar-refractivity contribution in [2.24, 2.45) is 0 Å². The molecule has 3 aromatic rings. The maximum absolute atomic E-state index is 12.7. The fraction of sp³-hybridized carbons (Fsp3) is 0.286. The molecule has 1 aromatic heterocycles. The van der Waals surface area contributed by atoms with Gasteiger partial charge in [-0.15, -0.1) is 0 Å². The molecule has 0 saturated carbocycles. The molecule has 2 heterocycles. The molecule has 1 N–H and O–H groups in total. The molecule has 1 aliphatic heterocycles. The second-order valence-corrected chi connectivity index (χ2v) is 10.1. The summed E-state index contributed by atoms with van der Waals surface area (Å²) >= 11 is 1.21. The number of nitrogens with one attached hydrogen (secondary N) is 1. The Hall–Kier alpha value is -2.82. The van der Waals surface area contributed by atoms with Gasteiger partial charge in [-0.3, -0.25) is 14.9 Å². The first-order valence-electron chi connectivity index (χ1n) is 9.77. The molecule has 1 fully saturated rings. The van der Waals surface area contributed by atoms with E-state index in [-0.39, 0.29) is 23.2 Å². The van der Waals surface area contributed by atoms with E-state index in [2.05, 4.69) is 10.3 Å². The van der Waals surface area contributed by atoms with Crippen LogP contribution < -0.4 is 10.1 Å². The predicted octanol–water partition coefficient (Wildman–Crippen LogP) is 3.30. The highest BCUT2D eigenvalue weighted by atomic mass is 32.2. The molecule has 1 saturated heterocycles. The third-order valence-corrected chi connectivity index (χ3v) is 7.77. The molecule has 31 heavy (non-hydrogen) atoms. The lowest BCUT2D eigenvalue weighted by molar-refractivity contribution is -0.118. The van der Waals surface area contributed by atoms with Gasteiger partial charge in [-0.05, 0) is 62.2 Å². The molecule has 4 rings (SSSR count). The second kappa shape index (κ2) is 8.74. The van der Waals surface area contributed by atoms with E-state index in [1.807, 2.05) is 0 Å². The quantitative estimate of drug-likeness (QED) is 0.544. The zero-order valence-electron chi connectivity index (χ0n) is 16.8. The Bertz CT molecular complexity index is 1230. The van der Waals surface area contributed by atoms with Crippen molar-refractivity contribution in [2.75, 3.05) is 25.0 Å². The molecule has 0 unspecified atom stereocenters. The average molecular weight is 460 g/mol. The summed E-state index contributed by atoms with van der Waals surface area (Å²) in [5, 5.41) is 3.04. The summed E-state index contributed by atoms with van der Waals surface area (Å²) < 4.78 is 33.1. The van der Waals surface area contributed by atoms with E-state index < -0.39 is 10.0 Å². The number of aromatic nitrogens is 1. The van der Waals surface area contributed by atoms with Crippen molar-refractivity contribution in [2.45, 2.75) is 24.7 Å². The molecule has 0 spiro atoms. The topological polar surface area (TPSA) is 106 Å². The number of sulfonamides is 1. The van der Waals surface area contributed by atoms with Crippen LogP contribution in [0.5, 0.6) is 5.75 Å². The molecule has 0 bridgehead atoms. The molecule has 0 radical (unpaired) electrons. The van der Waals surface area contributed by atoms with E-state index in [0.717, 1.165) is 12.8 Å². The molecular formula is C21H21N3O5S2. The highest BCUT2D eigenvalue weighted by Crippen LogP contribution is 2.30. The lowest BCUT2D eigenvalue weighted by atomic mass is 10.1. The number of ether oxygens (including phenoxy) is 1. The molecule has 0 aliphatic carbocycles. The number of fused-ring (bicyclic) bond motifs is 1. The van der Waals surface area contributed by atoms with Gasteiger partial charge < -0.3 is 4.74 Å². The smallest absolute Gasteiger partial charge is 0.264 e. The van der Waals surface area contributed by atoms with Gasteiger partial charge in [0.1, 0.15) is 5.75 Å². The third kappa shape index (κ3) is 4.76. The van der Waals surface area contributed by atoms with Crippen molar-refractivity contribution in [3.8, 4) is 5.75 Å². The normalized spacial score (nSPS) is 14.6. The zero-order chi connectivity index (χ0) is 22.0. The Morgan fingerprint density at radius 3 is 2.52 bits per heavy atom. The van der Waals surface area contributed by atoms with Gasteiger partial charge in [0.2, 0.25) is 10.0 Å². The Kier molecular flexibility index (Phi) is 6.03. The highest BCUT2D eigenvalue weighted by molar-refractivity contribution is 7.89. The molecule has 10 heteroatoms. The molecule has 0 atom stereocenters. The van der Waals surface area contributed by atoms with Gasteiger partial charge in [-0.25, -0.2) is 13.4 Å². The third-order valence-electron chi connectivity index (χ3n) is 4.94. The molecule has 2 aromatic carbocycles. The number of hydrogen-bond acceptors (Lipinski definition) is 7. The van der Waals surface area contributed by atoms with E-state index in [1.54, 1.807) is 42.5 Å². The van der Waals surface area contributed by atoms with Crippen LogP contribution in [0.2, 0.25) is 0 Å². The van der Waals surface area contributed by atoms with Crippen LogP contribution in [0.3, 0.4) is 0 Å². The summed E-state index contributed by atoms with van der Waals surface area (Å²) in [7, 11) is -3.51. The van der Waals surface area contributed by atoms with E-state index in [1.165, 1.54) is 22.6 Å². The summed E-state index contributed by atoms with van der Waals surface area (Å²) in [4.78, 5) is 28.1. The predicted molar refractivity (Wildman–Crippen MR) is 118 cm³/mol. The van der Waals surface area contributed by atoms with E-state index in [0.29, 0.717) is 39.8 Å². The SMILES string of the molecule is CC(=O)c1ccc(OCC(=O)Nc2nc3ccc(S(=O)(=O)N4CCCC4)cc3s2)cc1. The summed E-state index contributed by atoms with van der Waals surface area (Å²) in [6.45, 7) is 2.35. The van der Waals surface area contributed by atoms with Crippen LogP contribution in [0.25, 0.3) is 10.2 Å². The average Bonchev–Trinajstić information content (AvgIpc) is 3.42. The second-order valence-electron chi connectivity index (χ2n) is 7.18. The maximum atomic E-state index is 12.7. The lowest BCUT2D eigenvalue weighted by Crippen LogP contribution is -2.27. The molecular weight excluding hydrogens is 438 g/mol. The minimum Gasteiger partial charge on any atom is -0.484 e. The minimum absolute atomic E-state index is 0.0449. The number of rotatable bonds is 7. The molecule has 1 amide bonds. The van der Waals surface area contributed by atoms with Crippen molar-refractivity contribution in [3.05, 3.63) is 48.0 Å². The number of carbonyl (C=O) groups excluding carboxylic acids is 2. The van der Waals surface area contributed by atoms with Crippen molar-refractivity contribution < 1.29 is 22.7 Å². The van der Waals surface area contributed by atoms with Crippen molar-refractivity contribution in [1.82, 2.24) is 9.29 Å². The monoisotopic (exact) mass is 459 g/mol. The number of anilines is 1. The number of Topliss-reactive ketones (excluding diaryl/α,β-unsaturated/α-hetero) is 1. The van der Waals surface area contributed by atoms with Crippen LogP contribution in [0.1, 0.15) is 30.1 Å². The standard InChI is InChI=1S/C21H21N3O5S2/c1-14(25)15-4-6-16(7-5-15)29-13-20(26)23-21-22-18-9-8-17(12-19(18)30-21)31(27,28)24-10-2-3-11-24/h4-9,12H,2-3,10-11,13H2,1H3,(H,22,23,26). The number of benzene rings is 2. The fourth-order valence-corrected chi connectivity index (χ4v) is 5.83. The highest BCUT2D eigenvalue weighted by Gasteiger charge is 2.27. The van der Waals surface area contributed by atoms with Gasteiger partial charge >= 0.3 is 0 Å². The maximum Gasteiger partial charge on any atom is 0.264 e. The van der Waals surface area contributed by atoms with Gasteiger partial charge in [0.15, 0.2) is 17.5 Å². The van der Waals surface area contributed by atoms with Crippen LogP contribution in [0.15, 0.2) is 47.4 Å². The molecule has 1 aliphatic rings. The van der Waals surface area contributed by atoms with Crippen molar-refractivity contribution in [1.29, 1.82) is 0 Å². The lowest BCUT2D eigenvalue weighted by Gasteiger charge is -2.15. The number of hydrogen-bond donors (Lipinski definition) is 1. The molecule has 8 nitrogen and oxygen atoms in total. The van der Waals surface area contributed by atoms with Gasteiger partial charge in [0, 0.05) is 18.7 Å². The summed E-state index contributed by atoms with van der Waals surface area (Å²) in [5.74, 6) is 0.0392. The van der Waals surface area contributed by atoms with Crippen LogP contribution in [-0.4, -0.2) is 49.1 Å². The van der Waals surface area contributed by atoms with E-state index >= 15 is 0 Å². The van der Waals surface area contributed by atoms with Crippen LogP contribution >= 0.6 is 11.3 Å². The number of nitrogens with zero attached hydrogens (tertiary/aromatic N) is 2. The van der Waals surface area contributed by atoms with Crippen molar-refractivity contribution >= 4 is 48.4 Å². The largest absolute Gasteiger partial charge is 0.484 e. The van der Waals surface area contributed by atoms with Gasteiger partial charge in [-0.2, -0.15) is 4.31 Å². The summed E-state index contributed by atoms with van der Waals surface area (Å²) in [5.41, 5.74) is 1.18. The minimum atomic E-state index is -3.51. The number of ketones is 1. The Morgan fingerprint density at radius 2 is 1.84 bits per heavy atom. The first-order chi connectivity index (χ1) is 14.8. The van der Waals surface area contributed by atoms with Crippen LogP contribution in [0.4, 0.5) is 5.13 Å². The number of carbonyl (C=O) groups is 2. The zero-order valence-corrected chi connectivity index (χ0v) is 18.5. The van der Waals surface area contributed by atoms with E-state index in [9.17, 15) is 18.0 Å². The van der Waals surface area contributed by atoms with Gasteiger partial charge in [0.25, 0.3) is 5.91 Å². The first kappa shape index (κ1) is 21.4. The van der Waals surface area contributed by atoms with Crippen LogP contribution in [-0.2, 0) is 14.8 Å². The van der Waals surface area contributed by atoms with Gasteiger partial charge in [-0.1, -0.05) is 11.3 Å². The Balaban J connectivity index is 1.41. The first-order valence-corrected chi connectivity index (χ1v) is 12.0. The number of thiazole rings is 1. The molecule has 162 valence electrons. The van der Waals surface area contributed by atoms with Crippen molar-refractivity contribution in [3.63, 3.8) is 0 Å². The number of amides is 1. The summed E-state index contributed by atoms with van der Waals surface area (Å²) in [6.07, 6.45) is 1.75. The van der Waals surface area contributed by atoms with Crippen LogP contribution in [0, 0.1) is 0 Å². The Morgan fingerprint density at radius 1 is 1.13 bits per heavy atom. The Labute approximate surface area is 183 Å². The van der Waals surface area contributed by atoms with E-state index in [4.69, 9.17) is 4.74 Å².